The van der Waals surface area contributed by atoms with Gasteiger partial charge in [-0.2, -0.15) is 0 Å². The van der Waals surface area contributed by atoms with Crippen LogP contribution in [0.4, 0.5) is 0 Å². The highest BCUT2D eigenvalue weighted by Gasteiger charge is 2.53. The van der Waals surface area contributed by atoms with Gasteiger partial charge in [-0.3, -0.25) is 14.5 Å². The number of fused-ring (bicyclic) bond motifs is 2. The lowest BCUT2D eigenvalue weighted by Crippen LogP contribution is -2.53. The fourth-order valence-electron chi connectivity index (χ4n) is 4.61. The minimum Gasteiger partial charge on any atom is -0.469 e. The molecule has 4 rings (SSSR count). The maximum absolute atomic E-state index is 12.9. The second-order valence-electron chi connectivity index (χ2n) is 7.52. The number of hydrogen-bond acceptors (Lipinski definition) is 5. The summed E-state index contributed by atoms with van der Waals surface area (Å²) in [5.74, 6) is -1.11. The van der Waals surface area contributed by atoms with Crippen molar-refractivity contribution in [1.29, 1.82) is 0 Å². The molecule has 1 amide bonds. The van der Waals surface area contributed by atoms with Crippen molar-refractivity contribution in [3.05, 3.63) is 36.0 Å². The Morgan fingerprint density at radius 1 is 1.32 bits per heavy atom. The zero-order valence-corrected chi connectivity index (χ0v) is 16.0. The second-order valence-corrected chi connectivity index (χ2v) is 7.52. The van der Waals surface area contributed by atoms with Gasteiger partial charge in [0.15, 0.2) is 6.23 Å². The van der Waals surface area contributed by atoms with Gasteiger partial charge in [-0.1, -0.05) is 25.1 Å². The van der Waals surface area contributed by atoms with Gasteiger partial charge in [-0.15, -0.1) is 0 Å². The second kappa shape index (κ2) is 7.30. The average Bonchev–Trinajstić information content (AvgIpc) is 3.24. The van der Waals surface area contributed by atoms with Gasteiger partial charge in [0, 0.05) is 42.3 Å². The number of carbonyl (C=O) groups excluding carboxylic acids is 3. The number of piperidine rings is 1. The van der Waals surface area contributed by atoms with E-state index >= 15 is 0 Å². The van der Waals surface area contributed by atoms with Crippen LogP contribution in [0.1, 0.15) is 31.7 Å². The van der Waals surface area contributed by atoms with Gasteiger partial charge in [0.1, 0.15) is 6.04 Å². The highest BCUT2D eigenvalue weighted by Crippen LogP contribution is 2.40. The average molecular weight is 384 g/mol. The lowest BCUT2D eigenvalue weighted by molar-refractivity contribution is -0.159. The number of H-pyrrole nitrogens is 1. The monoisotopic (exact) mass is 384 g/mol. The molecule has 2 aliphatic heterocycles. The number of hydrogen-bond donors (Lipinski definition) is 1. The fraction of sp³-hybridized carbons (Fsp3) is 0.476. The molecule has 7 heteroatoms. The molecule has 0 spiro atoms. The molecule has 28 heavy (non-hydrogen) atoms. The molecule has 2 aliphatic rings. The topological polar surface area (TPSA) is 88.7 Å². The SMILES string of the molecule is CC[C@@H]1[C@@H](CC(=O)OC)CC(=O)N2[C@@H](Cc3c[nH]c4ccccc34)C(=O)O[C@@H]12. The smallest absolute Gasteiger partial charge is 0.331 e. The quantitative estimate of drug-likeness (QED) is 0.800. The zero-order chi connectivity index (χ0) is 19.8. The summed E-state index contributed by atoms with van der Waals surface area (Å²) in [6.07, 6.45) is 2.79. The first-order chi connectivity index (χ1) is 13.5. The molecular weight excluding hydrogens is 360 g/mol. The molecule has 148 valence electrons. The predicted molar refractivity (Wildman–Crippen MR) is 101 cm³/mol. The van der Waals surface area contributed by atoms with E-state index < -0.39 is 12.3 Å². The Hall–Kier alpha value is -2.83. The van der Waals surface area contributed by atoms with E-state index in [1.54, 1.807) is 4.90 Å². The molecule has 7 nitrogen and oxygen atoms in total. The van der Waals surface area contributed by atoms with Crippen molar-refractivity contribution < 1.29 is 23.9 Å². The third-order valence-corrected chi connectivity index (χ3v) is 6.03. The number of benzene rings is 1. The summed E-state index contributed by atoms with van der Waals surface area (Å²) >= 11 is 0. The van der Waals surface area contributed by atoms with Crippen LogP contribution in [0.15, 0.2) is 30.5 Å². The van der Waals surface area contributed by atoms with Gasteiger partial charge in [0.2, 0.25) is 5.91 Å². The van der Waals surface area contributed by atoms with Gasteiger partial charge in [0.25, 0.3) is 0 Å². The van der Waals surface area contributed by atoms with Crippen LogP contribution >= 0.6 is 0 Å². The van der Waals surface area contributed by atoms with Crippen LogP contribution in [0, 0.1) is 11.8 Å². The van der Waals surface area contributed by atoms with E-state index in [2.05, 4.69) is 4.98 Å². The first-order valence-electron chi connectivity index (χ1n) is 9.67. The summed E-state index contributed by atoms with van der Waals surface area (Å²) in [6.45, 7) is 1.99. The molecule has 2 saturated heterocycles. The number of esters is 2. The highest BCUT2D eigenvalue weighted by molar-refractivity contribution is 5.90. The molecule has 1 aromatic carbocycles. The van der Waals surface area contributed by atoms with Crippen molar-refractivity contribution in [2.24, 2.45) is 11.8 Å². The standard InChI is InChI=1S/C21H24N2O5/c1-3-14-12(10-19(25)27-2)9-18(24)23-17(21(26)28-20(14)23)8-13-11-22-16-7-5-4-6-15(13)16/h4-7,11-12,14,17,20,22H,3,8-10H2,1-2H3/t12-,14-,17+,20+/m1/s1. The van der Waals surface area contributed by atoms with Crippen molar-refractivity contribution in [1.82, 2.24) is 9.88 Å². The number of amides is 1. The molecule has 0 saturated carbocycles. The van der Waals surface area contributed by atoms with Gasteiger partial charge in [0.05, 0.1) is 7.11 Å². The number of rotatable bonds is 5. The molecule has 1 N–H and O–H groups in total. The van der Waals surface area contributed by atoms with E-state index in [1.807, 2.05) is 37.4 Å². The molecule has 0 bridgehead atoms. The fourth-order valence-corrected chi connectivity index (χ4v) is 4.61. The van der Waals surface area contributed by atoms with Gasteiger partial charge >= 0.3 is 11.9 Å². The summed E-state index contributed by atoms with van der Waals surface area (Å²) in [7, 11) is 1.34. The lowest BCUT2D eigenvalue weighted by Gasteiger charge is -2.40. The minimum atomic E-state index is -0.634. The Morgan fingerprint density at radius 2 is 2.11 bits per heavy atom. The van der Waals surface area contributed by atoms with Crippen LogP contribution in [0.2, 0.25) is 0 Å². The predicted octanol–water partition coefficient (Wildman–Crippen LogP) is 2.40. The van der Waals surface area contributed by atoms with Crippen molar-refractivity contribution in [3.63, 3.8) is 0 Å². The molecular formula is C21H24N2O5. The molecule has 2 fully saturated rings. The number of ether oxygens (including phenoxy) is 2. The maximum Gasteiger partial charge on any atom is 0.331 e. The molecule has 3 heterocycles. The number of aromatic amines is 1. The number of nitrogens with zero attached hydrogens (tertiary/aromatic N) is 1. The van der Waals surface area contributed by atoms with Crippen LogP contribution < -0.4 is 0 Å². The lowest BCUT2D eigenvalue weighted by atomic mass is 9.79. The first-order valence-corrected chi connectivity index (χ1v) is 9.67. The highest BCUT2D eigenvalue weighted by atomic mass is 16.6. The van der Waals surface area contributed by atoms with Crippen molar-refractivity contribution in [2.45, 2.75) is 44.9 Å². The third-order valence-electron chi connectivity index (χ3n) is 6.03. The molecule has 2 aromatic rings. The molecule has 0 aliphatic carbocycles. The van der Waals surface area contributed by atoms with Crippen LogP contribution in [0.25, 0.3) is 10.9 Å². The Kier molecular flexibility index (Phi) is 4.83. The summed E-state index contributed by atoms with van der Waals surface area (Å²) in [5.41, 5.74) is 1.98. The normalized spacial score (nSPS) is 27.0. The number of methoxy groups -OCH3 is 1. The number of carbonyl (C=O) groups is 3. The van der Waals surface area contributed by atoms with Crippen LogP contribution in [0.3, 0.4) is 0 Å². The van der Waals surface area contributed by atoms with Crippen molar-refractivity contribution in [3.8, 4) is 0 Å². The Morgan fingerprint density at radius 3 is 2.86 bits per heavy atom. The molecule has 0 unspecified atom stereocenters. The maximum atomic E-state index is 12.9. The molecule has 1 aromatic heterocycles. The summed E-state index contributed by atoms with van der Waals surface area (Å²) in [5, 5.41) is 1.04. The summed E-state index contributed by atoms with van der Waals surface area (Å²) < 4.78 is 10.4. The zero-order valence-electron chi connectivity index (χ0n) is 16.0. The van der Waals surface area contributed by atoms with Gasteiger partial charge in [-0.25, -0.2) is 4.79 Å². The number of nitrogens with one attached hydrogen (secondary N) is 1. The van der Waals surface area contributed by atoms with Crippen LogP contribution in [-0.4, -0.2) is 47.1 Å². The molecule has 0 radical (unpaired) electrons. The molecule has 4 atom stereocenters. The first kappa shape index (κ1) is 18.5. The van der Waals surface area contributed by atoms with E-state index in [9.17, 15) is 14.4 Å². The largest absolute Gasteiger partial charge is 0.469 e. The van der Waals surface area contributed by atoms with E-state index in [4.69, 9.17) is 9.47 Å². The third kappa shape index (κ3) is 3.04. The summed E-state index contributed by atoms with van der Waals surface area (Å²) in [6, 6.07) is 7.24. The number of aromatic nitrogens is 1. The summed E-state index contributed by atoms with van der Waals surface area (Å²) in [4.78, 5) is 42.1. The van der Waals surface area contributed by atoms with E-state index in [0.29, 0.717) is 12.8 Å². The Labute approximate surface area is 163 Å². The Balaban J connectivity index is 1.59. The minimum absolute atomic E-state index is 0.0753. The number of para-hydroxylation sites is 1. The van der Waals surface area contributed by atoms with Crippen LogP contribution in [-0.2, 0) is 30.3 Å². The van der Waals surface area contributed by atoms with Gasteiger partial charge < -0.3 is 14.5 Å². The van der Waals surface area contributed by atoms with E-state index in [0.717, 1.165) is 16.5 Å². The van der Waals surface area contributed by atoms with Crippen LogP contribution in [0.5, 0.6) is 0 Å². The Bertz CT molecular complexity index is 920. The van der Waals surface area contributed by atoms with Gasteiger partial charge in [-0.05, 0) is 24.0 Å². The van der Waals surface area contributed by atoms with E-state index in [1.165, 1.54) is 7.11 Å². The van der Waals surface area contributed by atoms with E-state index in [-0.39, 0.29) is 42.5 Å². The van der Waals surface area contributed by atoms with Crippen molar-refractivity contribution in [2.75, 3.05) is 7.11 Å². The van der Waals surface area contributed by atoms with Crippen molar-refractivity contribution >= 4 is 28.7 Å².